The number of nitrogens with zero attached hydrogens (tertiary/aromatic N) is 4. The zero-order chi connectivity index (χ0) is 19.1. The minimum atomic E-state index is -0.124. The number of rotatable bonds is 3. The summed E-state index contributed by atoms with van der Waals surface area (Å²) in [6, 6.07) is 11.0. The van der Waals surface area contributed by atoms with Gasteiger partial charge >= 0.3 is 0 Å². The van der Waals surface area contributed by atoms with Gasteiger partial charge in [-0.2, -0.15) is 0 Å². The molecule has 0 unspecified atom stereocenters. The van der Waals surface area contributed by atoms with Crippen LogP contribution in [0.15, 0.2) is 35.7 Å². The zero-order valence-electron chi connectivity index (χ0n) is 16.5. The number of fused-ring (bicyclic) bond motifs is 2. The Hall–Kier alpha value is -2.18. The molecular weight excluding hydrogens is 368 g/mol. The molecule has 4 heterocycles. The minimum Gasteiger partial charge on any atom is -0.370 e. The molecule has 1 fully saturated rings. The van der Waals surface area contributed by atoms with Crippen LogP contribution in [0.25, 0.3) is 0 Å². The van der Waals surface area contributed by atoms with Crippen LogP contribution >= 0.6 is 11.3 Å². The number of anilines is 1. The molecule has 2 aliphatic rings. The first kappa shape index (κ1) is 17.9. The van der Waals surface area contributed by atoms with Gasteiger partial charge in [-0.25, -0.2) is 0 Å². The molecule has 0 N–H and O–H groups in total. The van der Waals surface area contributed by atoms with E-state index < -0.39 is 0 Å². The van der Waals surface area contributed by atoms with Gasteiger partial charge in [0, 0.05) is 31.4 Å². The molecule has 6 heteroatoms. The third-order valence-corrected chi connectivity index (χ3v) is 7.11. The largest absolute Gasteiger partial charge is 0.370 e. The highest BCUT2D eigenvalue weighted by Gasteiger charge is 2.41. The molecule has 2 aliphatic heterocycles. The Bertz CT molecular complexity index is 984. The maximum atomic E-state index is 6.37. The number of hydrogen-bond donors (Lipinski definition) is 0. The first-order valence-electron chi connectivity index (χ1n) is 10.0. The first-order chi connectivity index (χ1) is 13.6. The van der Waals surface area contributed by atoms with Crippen LogP contribution in [0, 0.1) is 6.92 Å². The van der Waals surface area contributed by atoms with Gasteiger partial charge in [0.15, 0.2) is 0 Å². The molecule has 0 bridgehead atoms. The summed E-state index contributed by atoms with van der Waals surface area (Å²) in [7, 11) is 2.08. The molecule has 28 heavy (non-hydrogen) atoms. The van der Waals surface area contributed by atoms with Crippen LogP contribution < -0.4 is 4.90 Å². The number of aromatic nitrogens is 3. The molecular formula is C22H26N4OS. The summed E-state index contributed by atoms with van der Waals surface area (Å²) in [6.45, 7) is 4.85. The van der Waals surface area contributed by atoms with Crippen molar-refractivity contribution in [2.75, 3.05) is 24.6 Å². The van der Waals surface area contributed by atoms with Crippen molar-refractivity contribution >= 4 is 17.3 Å². The summed E-state index contributed by atoms with van der Waals surface area (Å²) in [5, 5.41) is 11.2. The van der Waals surface area contributed by atoms with Crippen molar-refractivity contribution in [2.24, 2.45) is 7.05 Å². The first-order valence-corrected chi connectivity index (χ1v) is 10.9. The average molecular weight is 395 g/mol. The molecule has 1 spiro atoms. The van der Waals surface area contributed by atoms with Gasteiger partial charge in [-0.1, -0.05) is 24.3 Å². The molecule has 0 atom stereocenters. The zero-order valence-corrected chi connectivity index (χ0v) is 17.3. The lowest BCUT2D eigenvalue weighted by molar-refractivity contribution is -0.0768. The number of thiophene rings is 1. The van der Waals surface area contributed by atoms with Crippen molar-refractivity contribution < 1.29 is 4.74 Å². The summed E-state index contributed by atoms with van der Waals surface area (Å²) in [6.07, 6.45) is 3.85. The van der Waals surface area contributed by atoms with E-state index in [1.54, 1.807) is 11.3 Å². The van der Waals surface area contributed by atoms with E-state index >= 15 is 0 Å². The standard InChI is InChI=1S/C22H26N4OS/c1-16-13-17(15-28-16)14-20-23-24-21(25(20)2)26-10-8-22(9-11-26)19-6-4-3-5-18(19)7-12-27-22/h3-6,13,15H,7-12,14H2,1-2H3. The normalized spacial score (nSPS) is 18.4. The van der Waals surface area contributed by atoms with Crippen molar-refractivity contribution in [1.82, 2.24) is 14.8 Å². The van der Waals surface area contributed by atoms with Crippen LogP contribution in [0.5, 0.6) is 0 Å². The van der Waals surface area contributed by atoms with Crippen molar-refractivity contribution in [3.05, 3.63) is 63.1 Å². The second-order valence-corrected chi connectivity index (χ2v) is 9.07. The fourth-order valence-corrected chi connectivity index (χ4v) is 5.36. The Balaban J connectivity index is 1.33. The Morgan fingerprint density at radius 2 is 2.00 bits per heavy atom. The fourth-order valence-electron chi connectivity index (χ4n) is 4.65. The van der Waals surface area contributed by atoms with Crippen LogP contribution in [0.1, 0.15) is 40.2 Å². The number of piperidine rings is 1. The van der Waals surface area contributed by atoms with Crippen LogP contribution in [-0.2, 0) is 30.2 Å². The second-order valence-electron chi connectivity index (χ2n) is 7.95. The monoisotopic (exact) mass is 394 g/mol. The predicted molar refractivity (Wildman–Crippen MR) is 112 cm³/mol. The van der Waals surface area contributed by atoms with Crippen molar-refractivity contribution in [1.29, 1.82) is 0 Å². The summed E-state index contributed by atoms with van der Waals surface area (Å²) in [5.74, 6) is 1.99. The van der Waals surface area contributed by atoms with Crippen LogP contribution in [0.4, 0.5) is 5.95 Å². The summed E-state index contributed by atoms with van der Waals surface area (Å²) in [5.41, 5.74) is 4.04. The maximum absolute atomic E-state index is 6.37. The van der Waals surface area contributed by atoms with E-state index in [2.05, 4.69) is 69.3 Å². The number of hydrogen-bond acceptors (Lipinski definition) is 5. The second kappa shape index (κ2) is 7.01. The lowest BCUT2D eigenvalue weighted by atomic mass is 9.79. The van der Waals surface area contributed by atoms with E-state index in [0.29, 0.717) is 0 Å². The van der Waals surface area contributed by atoms with E-state index in [1.165, 1.54) is 21.6 Å². The lowest BCUT2D eigenvalue weighted by Crippen LogP contribution is -2.47. The fraction of sp³-hybridized carbons (Fsp3) is 0.455. The number of aryl methyl sites for hydroxylation is 1. The lowest BCUT2D eigenvalue weighted by Gasteiger charge is -2.45. The van der Waals surface area contributed by atoms with Crippen LogP contribution in [0.3, 0.4) is 0 Å². The Morgan fingerprint density at radius 3 is 2.79 bits per heavy atom. The Morgan fingerprint density at radius 1 is 1.18 bits per heavy atom. The van der Waals surface area contributed by atoms with Gasteiger partial charge in [0.1, 0.15) is 5.82 Å². The average Bonchev–Trinajstić information content (AvgIpc) is 3.29. The van der Waals surface area contributed by atoms with Gasteiger partial charge in [0.25, 0.3) is 0 Å². The predicted octanol–water partition coefficient (Wildman–Crippen LogP) is 3.84. The summed E-state index contributed by atoms with van der Waals surface area (Å²) >= 11 is 1.79. The molecule has 146 valence electrons. The maximum Gasteiger partial charge on any atom is 0.226 e. The Kier molecular flexibility index (Phi) is 4.48. The van der Waals surface area contributed by atoms with Gasteiger partial charge in [0.05, 0.1) is 12.2 Å². The van der Waals surface area contributed by atoms with E-state index in [9.17, 15) is 0 Å². The van der Waals surface area contributed by atoms with E-state index in [-0.39, 0.29) is 5.60 Å². The highest BCUT2D eigenvalue weighted by atomic mass is 32.1. The van der Waals surface area contributed by atoms with Crippen molar-refractivity contribution in [2.45, 2.75) is 38.2 Å². The van der Waals surface area contributed by atoms with Gasteiger partial charge in [-0.15, -0.1) is 21.5 Å². The molecule has 1 aromatic carbocycles. The van der Waals surface area contributed by atoms with Crippen molar-refractivity contribution in [3.8, 4) is 0 Å². The molecule has 5 nitrogen and oxygen atoms in total. The molecule has 5 rings (SSSR count). The molecule has 0 saturated carbocycles. The van der Waals surface area contributed by atoms with Gasteiger partial charge in [-0.05, 0) is 54.3 Å². The molecule has 0 aliphatic carbocycles. The molecule has 0 radical (unpaired) electrons. The third kappa shape index (κ3) is 3.05. The van der Waals surface area contributed by atoms with E-state index in [4.69, 9.17) is 4.74 Å². The van der Waals surface area contributed by atoms with E-state index in [0.717, 1.165) is 57.2 Å². The number of benzene rings is 1. The van der Waals surface area contributed by atoms with Gasteiger partial charge in [0.2, 0.25) is 5.95 Å². The highest BCUT2D eigenvalue weighted by Crippen LogP contribution is 2.42. The summed E-state index contributed by atoms with van der Waals surface area (Å²) in [4.78, 5) is 3.70. The molecule has 3 aromatic rings. The van der Waals surface area contributed by atoms with Gasteiger partial charge < -0.3 is 14.2 Å². The van der Waals surface area contributed by atoms with Crippen LogP contribution in [0.2, 0.25) is 0 Å². The van der Waals surface area contributed by atoms with Crippen LogP contribution in [-0.4, -0.2) is 34.5 Å². The molecule has 2 aromatic heterocycles. The molecule has 0 amide bonds. The smallest absolute Gasteiger partial charge is 0.226 e. The minimum absolute atomic E-state index is 0.124. The number of ether oxygens (including phenoxy) is 1. The highest BCUT2D eigenvalue weighted by molar-refractivity contribution is 7.10. The molecule has 1 saturated heterocycles. The quantitative estimate of drug-likeness (QED) is 0.677. The SMILES string of the molecule is Cc1cc(Cc2nnc(N3CCC4(CC3)OCCc3ccccc34)n2C)cs1. The third-order valence-electron chi connectivity index (χ3n) is 6.20. The van der Waals surface area contributed by atoms with Crippen molar-refractivity contribution in [3.63, 3.8) is 0 Å². The van der Waals surface area contributed by atoms with E-state index in [1.807, 2.05) is 0 Å². The Labute approximate surface area is 170 Å². The van der Waals surface area contributed by atoms with Gasteiger partial charge in [-0.3, -0.25) is 0 Å². The summed E-state index contributed by atoms with van der Waals surface area (Å²) < 4.78 is 8.52. The topological polar surface area (TPSA) is 43.2 Å².